The first-order valence-corrected chi connectivity index (χ1v) is 24.5. The second-order valence-electron chi connectivity index (χ2n) is 14.3. The zero-order valence-electron chi connectivity index (χ0n) is 26.4. The first kappa shape index (κ1) is 32.2. The number of hydrogen-bond donors (Lipinski definition) is 1. The van der Waals surface area contributed by atoms with Gasteiger partial charge in [-0.05, 0) is 89.5 Å². The Morgan fingerprint density at radius 1 is 0.950 bits per heavy atom. The molecular formula is C31H49N3O3Si3. The Balaban J connectivity index is 1.73. The van der Waals surface area contributed by atoms with Gasteiger partial charge in [-0.25, -0.2) is 0 Å². The molecule has 1 heterocycles. The van der Waals surface area contributed by atoms with E-state index >= 15 is 0 Å². The van der Waals surface area contributed by atoms with Crippen molar-refractivity contribution >= 4 is 35.8 Å². The Hall–Kier alpha value is -2.36. The molecular weight excluding hydrogens is 547 g/mol. The molecule has 6 nitrogen and oxygen atoms in total. The molecule has 0 saturated heterocycles. The van der Waals surface area contributed by atoms with Crippen molar-refractivity contribution in [3.63, 3.8) is 0 Å². The maximum absolute atomic E-state index is 9.76. The molecule has 1 atom stereocenters. The number of nitriles is 1. The van der Waals surface area contributed by atoms with Crippen molar-refractivity contribution in [2.75, 3.05) is 13.2 Å². The van der Waals surface area contributed by atoms with Gasteiger partial charge >= 0.3 is 0 Å². The number of rotatable bonds is 13. The van der Waals surface area contributed by atoms with E-state index in [2.05, 4.69) is 119 Å². The molecule has 0 spiro atoms. The second-order valence-corrected chi connectivity index (χ2v) is 28.0. The molecule has 0 aliphatic rings. The van der Waals surface area contributed by atoms with Gasteiger partial charge < -0.3 is 23.1 Å². The summed E-state index contributed by atoms with van der Waals surface area (Å²) in [6.07, 6.45) is 3.14. The lowest BCUT2D eigenvalue weighted by molar-refractivity contribution is 0.113. The summed E-state index contributed by atoms with van der Waals surface area (Å²) in [5, 5.41) is 14.9. The number of para-hydroxylation sites is 1. The van der Waals surface area contributed by atoms with Gasteiger partial charge in [0.1, 0.15) is 24.2 Å². The largest absolute Gasteiger partial charge is 0.544 e. The average Bonchev–Trinajstić information content (AvgIpc) is 3.18. The van der Waals surface area contributed by atoms with Crippen LogP contribution in [0.25, 0.3) is 10.9 Å². The van der Waals surface area contributed by atoms with E-state index in [4.69, 9.17) is 13.6 Å². The van der Waals surface area contributed by atoms with Crippen molar-refractivity contribution in [3.05, 3.63) is 59.8 Å². The highest BCUT2D eigenvalue weighted by Gasteiger charge is 2.28. The van der Waals surface area contributed by atoms with Gasteiger partial charge in [0.25, 0.3) is 0 Å². The van der Waals surface area contributed by atoms with E-state index in [0.29, 0.717) is 24.5 Å². The van der Waals surface area contributed by atoms with Gasteiger partial charge in [0.05, 0.1) is 11.7 Å². The van der Waals surface area contributed by atoms with Gasteiger partial charge in [-0.3, -0.25) is 0 Å². The lowest BCUT2D eigenvalue weighted by Crippen LogP contribution is -2.49. The van der Waals surface area contributed by atoms with E-state index in [1.54, 1.807) is 6.07 Å². The van der Waals surface area contributed by atoms with Crippen molar-refractivity contribution in [2.45, 2.75) is 90.8 Å². The van der Waals surface area contributed by atoms with Crippen molar-refractivity contribution in [1.82, 2.24) is 9.55 Å². The van der Waals surface area contributed by atoms with Crippen LogP contribution in [0, 0.1) is 11.3 Å². The predicted molar refractivity (Wildman–Crippen MR) is 175 cm³/mol. The fraction of sp³-hybridized carbons (Fsp3) is 0.516. The molecule has 0 saturated carbocycles. The van der Waals surface area contributed by atoms with Crippen LogP contribution in [0.3, 0.4) is 0 Å². The van der Waals surface area contributed by atoms with Crippen LogP contribution in [-0.2, 0) is 10.8 Å². The van der Waals surface area contributed by atoms with Crippen LogP contribution in [-0.4, -0.2) is 53.9 Å². The zero-order valence-corrected chi connectivity index (χ0v) is 29.4. The highest BCUT2D eigenvalue weighted by Crippen LogP contribution is 2.29. The van der Waals surface area contributed by atoms with E-state index in [1.165, 1.54) is 16.5 Å². The van der Waals surface area contributed by atoms with Crippen LogP contribution in [0.15, 0.2) is 48.7 Å². The quantitative estimate of drug-likeness (QED) is 0.206. The molecule has 0 aliphatic heterocycles. The minimum atomic E-state index is -1.84. The van der Waals surface area contributed by atoms with E-state index < -0.39 is 24.9 Å². The molecule has 2 aromatic carbocycles. The molecule has 0 fully saturated rings. The number of aromatic nitrogens is 1. The number of benzene rings is 2. The third-order valence-electron chi connectivity index (χ3n) is 6.40. The Kier molecular flexibility index (Phi) is 9.85. The second kappa shape index (κ2) is 12.2. The summed E-state index contributed by atoms with van der Waals surface area (Å²) in [7, 11) is -5.15. The topological polar surface area (TPSA) is 68.4 Å². The van der Waals surface area contributed by atoms with Gasteiger partial charge in [0.15, 0.2) is 16.6 Å². The van der Waals surface area contributed by atoms with Gasteiger partial charge in [-0.2, -0.15) is 5.26 Å². The van der Waals surface area contributed by atoms with E-state index in [9.17, 15) is 5.26 Å². The minimum Gasteiger partial charge on any atom is -0.544 e. The van der Waals surface area contributed by atoms with Crippen LogP contribution >= 0.6 is 0 Å². The lowest BCUT2D eigenvalue weighted by atomic mass is 9.94. The van der Waals surface area contributed by atoms with E-state index in [-0.39, 0.29) is 11.6 Å². The summed E-state index contributed by atoms with van der Waals surface area (Å²) in [4.78, 5) is 0. The van der Waals surface area contributed by atoms with Crippen molar-refractivity contribution in [1.29, 1.82) is 5.26 Å². The maximum Gasteiger partial charge on any atom is 0.242 e. The van der Waals surface area contributed by atoms with Crippen molar-refractivity contribution in [3.8, 4) is 17.6 Å². The van der Waals surface area contributed by atoms with Crippen molar-refractivity contribution in [2.24, 2.45) is 0 Å². The van der Waals surface area contributed by atoms with Gasteiger partial charge in [0.2, 0.25) is 8.32 Å². The summed E-state index contributed by atoms with van der Waals surface area (Å²) in [6.45, 7) is 25.6. The van der Waals surface area contributed by atoms with Crippen LogP contribution in [0.4, 0.5) is 0 Å². The number of nitrogens with zero attached hydrogens (tertiary/aromatic N) is 2. The summed E-state index contributed by atoms with van der Waals surface area (Å²) in [5.74, 6) is 1.28. The third kappa shape index (κ3) is 9.35. The summed E-state index contributed by atoms with van der Waals surface area (Å²) in [5.41, 5.74) is 3.03. The smallest absolute Gasteiger partial charge is 0.242 e. The van der Waals surface area contributed by atoms with Gasteiger partial charge in [0, 0.05) is 29.1 Å². The molecule has 1 unspecified atom stereocenters. The SMILES string of the molecule is CC(C)(Cc1cn([Si](C)(C)C)c2ccccc12)NCC(COc1ccc(O[Si](C)(C)C)cc1C#N)O[Si](C)(C)C. The Bertz CT molecular complexity index is 1340. The zero-order chi connectivity index (χ0) is 29.9. The molecule has 40 heavy (non-hydrogen) atoms. The van der Waals surface area contributed by atoms with Crippen LogP contribution in [0.5, 0.6) is 11.5 Å². The highest BCUT2D eigenvalue weighted by molar-refractivity contribution is 6.75. The standard InChI is InChI=1S/C31H49N3O3Si3/c1-31(2,19-25-22-34(38(3,4)5)29-15-13-12-14-28(25)29)33-21-27(37-40(9,10)11)23-35-30-17-16-26(18-24(30)20-32)36-39(6,7)8/h12-18,22,27,33H,19,21,23H2,1-11H3. The predicted octanol–water partition coefficient (Wildman–Crippen LogP) is 7.62. The maximum atomic E-state index is 9.76. The molecule has 0 bridgehead atoms. The fourth-order valence-electron chi connectivity index (χ4n) is 4.83. The molecule has 1 N–H and O–H groups in total. The molecule has 3 rings (SSSR count). The third-order valence-corrected chi connectivity index (χ3v) is 10.1. The normalized spacial score (nSPS) is 13.8. The van der Waals surface area contributed by atoms with Gasteiger partial charge in [-0.1, -0.05) is 37.8 Å². The Morgan fingerprint density at radius 3 is 2.23 bits per heavy atom. The van der Waals surface area contributed by atoms with Crippen LogP contribution in [0.2, 0.25) is 58.9 Å². The van der Waals surface area contributed by atoms with Gasteiger partial charge in [-0.15, -0.1) is 0 Å². The molecule has 1 aromatic heterocycles. The monoisotopic (exact) mass is 595 g/mol. The minimum absolute atomic E-state index is 0.140. The molecule has 0 amide bonds. The van der Waals surface area contributed by atoms with Crippen LogP contribution < -0.4 is 14.5 Å². The molecule has 218 valence electrons. The Morgan fingerprint density at radius 2 is 1.62 bits per heavy atom. The molecule has 0 radical (unpaired) electrons. The number of ether oxygens (including phenoxy) is 1. The van der Waals surface area contributed by atoms with E-state index in [1.807, 2.05) is 12.1 Å². The summed E-state index contributed by atoms with van der Waals surface area (Å²) in [6, 6.07) is 16.5. The first-order chi connectivity index (χ1) is 18.4. The fourth-order valence-corrected chi connectivity index (χ4v) is 8.28. The number of hydrogen-bond acceptors (Lipinski definition) is 5. The Labute approximate surface area is 245 Å². The number of fused-ring (bicyclic) bond motifs is 1. The molecule has 0 aliphatic carbocycles. The summed E-state index contributed by atoms with van der Waals surface area (Å²) < 4.78 is 21.3. The first-order valence-electron chi connectivity index (χ1n) is 14.3. The molecule has 3 aromatic rings. The molecule has 9 heteroatoms. The summed E-state index contributed by atoms with van der Waals surface area (Å²) >= 11 is 0. The number of nitrogens with one attached hydrogen (secondary N) is 1. The average molecular weight is 596 g/mol. The highest BCUT2D eigenvalue weighted by atomic mass is 28.4. The van der Waals surface area contributed by atoms with Crippen molar-refractivity contribution < 1.29 is 13.6 Å². The van der Waals surface area contributed by atoms with E-state index in [0.717, 1.165) is 12.2 Å². The lowest BCUT2D eigenvalue weighted by Gasteiger charge is -2.32. The van der Waals surface area contributed by atoms with Crippen LogP contribution in [0.1, 0.15) is 25.0 Å².